The van der Waals surface area contributed by atoms with Crippen molar-refractivity contribution < 1.29 is 27.4 Å². The van der Waals surface area contributed by atoms with Gasteiger partial charge in [-0.15, -0.1) is 6.42 Å². The third-order valence-corrected chi connectivity index (χ3v) is 6.45. The lowest BCUT2D eigenvalue weighted by Gasteiger charge is -2.19. The summed E-state index contributed by atoms with van der Waals surface area (Å²) in [4.78, 5) is 23.4. The van der Waals surface area contributed by atoms with Crippen molar-refractivity contribution in [1.82, 2.24) is 14.9 Å². The standard InChI is InChI=1S/C29H30F3N5O3/c1-4-19-9-10-22(29(30,31)32)24(14-19)36-28-21-15-25(35-27(38)8-7-12-37(5-2)6-3)26(16-23(21)33-18-34-28)40-20-11-13-39-17-20/h1,7-10,14-16,18,20H,5-6,11-13,17H2,2-3H3,(H,35,38)(H,33,34,36)/t20-/m0/s1. The number of fused-ring (bicyclic) bond motifs is 1. The predicted molar refractivity (Wildman–Crippen MR) is 148 cm³/mol. The summed E-state index contributed by atoms with van der Waals surface area (Å²) in [5.74, 6) is 2.43. The highest BCUT2D eigenvalue weighted by molar-refractivity contribution is 6.03. The average Bonchev–Trinajstić information content (AvgIpc) is 3.44. The van der Waals surface area contributed by atoms with Gasteiger partial charge in [0.2, 0.25) is 5.91 Å². The van der Waals surface area contributed by atoms with Crippen LogP contribution in [0.2, 0.25) is 0 Å². The molecule has 1 atom stereocenters. The fourth-order valence-corrected chi connectivity index (χ4v) is 4.24. The van der Waals surface area contributed by atoms with Crippen LogP contribution in [0.25, 0.3) is 10.9 Å². The van der Waals surface area contributed by atoms with Crippen LogP contribution in [0.1, 0.15) is 31.4 Å². The number of amides is 1. The van der Waals surface area contributed by atoms with Crippen molar-refractivity contribution in [1.29, 1.82) is 0 Å². The van der Waals surface area contributed by atoms with Crippen molar-refractivity contribution in [3.05, 3.63) is 59.9 Å². The third-order valence-electron chi connectivity index (χ3n) is 6.45. The van der Waals surface area contributed by atoms with Crippen LogP contribution in [0.4, 0.5) is 30.4 Å². The van der Waals surface area contributed by atoms with E-state index in [1.807, 2.05) is 13.8 Å². The monoisotopic (exact) mass is 553 g/mol. The van der Waals surface area contributed by atoms with Crippen molar-refractivity contribution in [3.63, 3.8) is 0 Å². The van der Waals surface area contributed by atoms with E-state index in [1.165, 1.54) is 24.5 Å². The summed E-state index contributed by atoms with van der Waals surface area (Å²) in [6, 6.07) is 6.59. The minimum absolute atomic E-state index is 0.105. The molecule has 1 aromatic heterocycles. The minimum atomic E-state index is -4.63. The molecule has 1 aliphatic rings. The molecular formula is C29H30F3N5O3. The lowest BCUT2D eigenvalue weighted by Crippen LogP contribution is -2.23. The van der Waals surface area contributed by atoms with E-state index in [4.69, 9.17) is 15.9 Å². The molecule has 1 saturated heterocycles. The number of benzene rings is 2. The molecule has 4 rings (SSSR count). The quantitative estimate of drug-likeness (QED) is 0.258. The maximum absolute atomic E-state index is 13.7. The second-order valence-corrected chi connectivity index (χ2v) is 9.10. The van der Waals surface area contributed by atoms with Gasteiger partial charge >= 0.3 is 6.18 Å². The molecule has 8 nitrogen and oxygen atoms in total. The second-order valence-electron chi connectivity index (χ2n) is 9.10. The van der Waals surface area contributed by atoms with Crippen molar-refractivity contribution in [2.24, 2.45) is 0 Å². The van der Waals surface area contributed by atoms with E-state index in [1.54, 1.807) is 18.2 Å². The zero-order valence-corrected chi connectivity index (χ0v) is 22.2. The third kappa shape index (κ3) is 7.08. The summed E-state index contributed by atoms with van der Waals surface area (Å²) < 4.78 is 52.8. The Morgan fingerprint density at radius 2 is 2.02 bits per heavy atom. The number of nitrogens with one attached hydrogen (secondary N) is 2. The Labute approximate surface area is 230 Å². The van der Waals surface area contributed by atoms with Gasteiger partial charge in [0.25, 0.3) is 0 Å². The smallest absolute Gasteiger partial charge is 0.418 e. The fraction of sp³-hybridized carbons (Fsp3) is 0.345. The Bertz CT molecular complexity index is 1420. The molecule has 0 bridgehead atoms. The first-order chi connectivity index (χ1) is 19.2. The Morgan fingerprint density at radius 1 is 1.23 bits per heavy atom. The normalized spacial score (nSPS) is 15.5. The summed E-state index contributed by atoms with van der Waals surface area (Å²) >= 11 is 0. The second kappa shape index (κ2) is 12.8. The predicted octanol–water partition coefficient (Wildman–Crippen LogP) is 5.38. The van der Waals surface area contributed by atoms with E-state index >= 15 is 0 Å². The summed E-state index contributed by atoms with van der Waals surface area (Å²) in [6.07, 6.45) is 5.70. The molecule has 3 aromatic rings. The molecule has 1 amide bonds. The molecule has 0 spiro atoms. The first-order valence-electron chi connectivity index (χ1n) is 12.9. The maximum atomic E-state index is 13.7. The number of likely N-dealkylation sites (N-methyl/N-ethyl adjacent to an activating group) is 1. The van der Waals surface area contributed by atoms with Gasteiger partial charge in [0.05, 0.1) is 35.7 Å². The number of hydrogen-bond donors (Lipinski definition) is 2. The van der Waals surface area contributed by atoms with Gasteiger partial charge in [-0.1, -0.05) is 25.8 Å². The molecule has 0 aliphatic carbocycles. The highest BCUT2D eigenvalue weighted by Crippen LogP contribution is 2.39. The summed E-state index contributed by atoms with van der Waals surface area (Å²) in [5.41, 5.74) is -0.151. The van der Waals surface area contributed by atoms with Crippen LogP contribution >= 0.6 is 0 Å². The SMILES string of the molecule is C#Cc1ccc(C(F)(F)F)c(Nc2ncnc3cc(O[C@H]4CCOC4)c(NC(=O)C=CCN(CC)CC)cc23)c1. The Balaban J connectivity index is 1.71. The molecule has 2 N–H and O–H groups in total. The highest BCUT2D eigenvalue weighted by Gasteiger charge is 2.34. The number of aromatic nitrogens is 2. The summed E-state index contributed by atoms with van der Waals surface area (Å²) in [6.45, 7) is 7.35. The van der Waals surface area contributed by atoms with E-state index in [-0.39, 0.29) is 29.1 Å². The molecule has 210 valence electrons. The van der Waals surface area contributed by atoms with Crippen molar-refractivity contribution >= 4 is 34.0 Å². The zero-order chi connectivity index (χ0) is 28.7. The van der Waals surface area contributed by atoms with E-state index in [9.17, 15) is 18.0 Å². The summed E-state index contributed by atoms with van der Waals surface area (Å²) in [7, 11) is 0. The topological polar surface area (TPSA) is 88.6 Å². The van der Waals surface area contributed by atoms with Gasteiger partial charge in [0.1, 0.15) is 24.0 Å². The van der Waals surface area contributed by atoms with Crippen LogP contribution in [0.15, 0.2) is 48.8 Å². The number of carbonyl (C=O) groups is 1. The number of ether oxygens (including phenoxy) is 2. The van der Waals surface area contributed by atoms with Crippen molar-refractivity contribution in [2.45, 2.75) is 32.5 Å². The van der Waals surface area contributed by atoms with Crippen molar-refractivity contribution in [2.75, 3.05) is 43.5 Å². The molecular weight excluding hydrogens is 523 g/mol. The zero-order valence-electron chi connectivity index (χ0n) is 22.2. The first kappa shape index (κ1) is 28.9. The van der Waals surface area contributed by atoms with E-state index in [2.05, 4.69) is 31.4 Å². The molecule has 0 unspecified atom stereocenters. The van der Waals surface area contributed by atoms with Crippen LogP contribution in [0.5, 0.6) is 5.75 Å². The number of halogens is 3. The van der Waals surface area contributed by atoms with Crippen LogP contribution in [0.3, 0.4) is 0 Å². The first-order valence-corrected chi connectivity index (χ1v) is 12.9. The van der Waals surface area contributed by atoms with E-state index in [0.717, 1.165) is 19.2 Å². The average molecular weight is 554 g/mol. The van der Waals surface area contributed by atoms with Crippen LogP contribution in [0, 0.1) is 12.3 Å². The van der Waals surface area contributed by atoms with E-state index in [0.29, 0.717) is 48.5 Å². The molecule has 1 fully saturated rings. The van der Waals surface area contributed by atoms with E-state index < -0.39 is 11.7 Å². The molecule has 40 heavy (non-hydrogen) atoms. The Hall–Kier alpha value is -4.14. The number of nitrogens with zero attached hydrogens (tertiary/aromatic N) is 3. The van der Waals surface area contributed by atoms with Gasteiger partial charge in [0.15, 0.2) is 0 Å². The molecule has 2 aromatic carbocycles. The van der Waals surface area contributed by atoms with Crippen LogP contribution in [-0.2, 0) is 15.7 Å². The number of rotatable bonds is 10. The number of carbonyl (C=O) groups excluding carboxylic acids is 1. The molecule has 11 heteroatoms. The number of terminal acetylenes is 1. The number of alkyl halides is 3. The van der Waals surface area contributed by atoms with Gasteiger partial charge in [-0.3, -0.25) is 4.79 Å². The van der Waals surface area contributed by atoms with Crippen LogP contribution in [-0.4, -0.2) is 59.7 Å². The largest absolute Gasteiger partial charge is 0.486 e. The fourth-order valence-electron chi connectivity index (χ4n) is 4.24. The maximum Gasteiger partial charge on any atom is 0.418 e. The van der Waals surface area contributed by atoms with Gasteiger partial charge in [-0.25, -0.2) is 9.97 Å². The van der Waals surface area contributed by atoms with Gasteiger partial charge < -0.3 is 25.0 Å². The lowest BCUT2D eigenvalue weighted by molar-refractivity contribution is -0.136. The van der Waals surface area contributed by atoms with Gasteiger partial charge in [-0.2, -0.15) is 13.2 Å². The lowest BCUT2D eigenvalue weighted by atomic mass is 10.1. The van der Waals surface area contributed by atoms with Gasteiger partial charge in [-0.05, 0) is 37.4 Å². The van der Waals surface area contributed by atoms with Crippen LogP contribution < -0.4 is 15.4 Å². The number of anilines is 3. The Kier molecular flexibility index (Phi) is 9.24. The molecule has 2 heterocycles. The molecule has 0 radical (unpaired) electrons. The number of hydrogen-bond acceptors (Lipinski definition) is 7. The van der Waals surface area contributed by atoms with Gasteiger partial charge in [0, 0.05) is 36.1 Å². The van der Waals surface area contributed by atoms with Crippen molar-refractivity contribution in [3.8, 4) is 18.1 Å². The minimum Gasteiger partial charge on any atom is -0.486 e. The Morgan fingerprint density at radius 3 is 2.70 bits per heavy atom. The highest BCUT2D eigenvalue weighted by atomic mass is 19.4. The molecule has 0 saturated carbocycles. The summed E-state index contributed by atoms with van der Waals surface area (Å²) in [5, 5.41) is 5.98. The molecule has 1 aliphatic heterocycles.